The van der Waals surface area contributed by atoms with Crippen molar-refractivity contribution in [3.05, 3.63) is 60.2 Å². The Labute approximate surface area is 220 Å². The number of aromatic nitrogens is 4. The minimum atomic E-state index is -0.225. The average molecular weight is 518 g/mol. The first-order chi connectivity index (χ1) is 18.5. The van der Waals surface area contributed by atoms with Gasteiger partial charge >= 0.3 is 0 Å². The van der Waals surface area contributed by atoms with Crippen molar-refractivity contribution in [3.8, 4) is 34.3 Å². The van der Waals surface area contributed by atoms with Crippen LogP contribution in [-0.2, 0) is 16.6 Å². The average Bonchev–Trinajstić information content (AvgIpc) is 3.64. The van der Waals surface area contributed by atoms with Crippen LogP contribution in [0.1, 0.15) is 44.3 Å². The standard InChI is InChI=1S/C28H31N5O5/c1-28(27-30-26(38-32-27)19-8-5-4-6-9-19)14-16-33(17-15-28)24(34)11-7-10-23-29-25(31-37-23)20-12-13-21(35-2)22(18-20)36-3/h4-6,8-9,12-13,18H,7,10-11,14-17H2,1-3H3. The molecule has 1 aliphatic rings. The number of carbonyl (C=O) groups is 1. The van der Waals surface area contributed by atoms with E-state index in [1.54, 1.807) is 26.4 Å². The molecular weight excluding hydrogens is 486 g/mol. The zero-order valence-corrected chi connectivity index (χ0v) is 21.8. The van der Waals surface area contributed by atoms with Gasteiger partial charge in [0.15, 0.2) is 17.3 Å². The zero-order chi connectivity index (χ0) is 26.5. The number of methoxy groups -OCH3 is 2. The number of benzene rings is 2. The van der Waals surface area contributed by atoms with Gasteiger partial charge in [0.1, 0.15) is 0 Å². The maximum atomic E-state index is 12.9. The minimum absolute atomic E-state index is 0.129. The van der Waals surface area contributed by atoms with Crippen LogP contribution in [0.5, 0.6) is 11.5 Å². The lowest BCUT2D eigenvalue weighted by Crippen LogP contribution is -2.44. The second-order valence-corrected chi connectivity index (χ2v) is 9.67. The fourth-order valence-corrected chi connectivity index (χ4v) is 4.64. The van der Waals surface area contributed by atoms with E-state index in [0.717, 1.165) is 24.0 Å². The molecule has 5 rings (SSSR count). The van der Waals surface area contributed by atoms with E-state index in [1.807, 2.05) is 41.3 Å². The Morgan fingerprint density at radius 1 is 0.947 bits per heavy atom. The predicted octanol–water partition coefficient (Wildman–Crippen LogP) is 4.71. The molecule has 0 saturated carbocycles. The van der Waals surface area contributed by atoms with Crippen LogP contribution in [0.25, 0.3) is 22.8 Å². The summed E-state index contributed by atoms with van der Waals surface area (Å²) >= 11 is 0. The SMILES string of the molecule is COc1ccc(-c2noc(CCCC(=O)N3CCC(C)(c4noc(-c5ccccc5)n4)CC3)n2)cc1OC. The molecule has 2 aromatic heterocycles. The van der Waals surface area contributed by atoms with Crippen LogP contribution in [0.15, 0.2) is 57.6 Å². The molecule has 0 N–H and O–H groups in total. The van der Waals surface area contributed by atoms with Crippen molar-refractivity contribution in [2.24, 2.45) is 0 Å². The number of hydrogen-bond donors (Lipinski definition) is 0. The first-order valence-corrected chi connectivity index (χ1v) is 12.7. The largest absolute Gasteiger partial charge is 0.493 e. The molecule has 1 saturated heterocycles. The van der Waals surface area contributed by atoms with E-state index in [4.69, 9.17) is 18.5 Å². The first-order valence-electron chi connectivity index (χ1n) is 12.7. The Kier molecular flexibility index (Phi) is 7.39. The molecule has 1 aliphatic heterocycles. The summed E-state index contributed by atoms with van der Waals surface area (Å²) in [6, 6.07) is 15.2. The molecule has 0 spiro atoms. The number of hydrogen-bond acceptors (Lipinski definition) is 9. The molecule has 0 aliphatic carbocycles. The van der Waals surface area contributed by atoms with Crippen molar-refractivity contribution >= 4 is 5.91 Å². The quantitative estimate of drug-likeness (QED) is 0.311. The number of likely N-dealkylation sites (tertiary alicyclic amines) is 1. The van der Waals surface area contributed by atoms with Gasteiger partial charge in [-0.1, -0.05) is 35.4 Å². The smallest absolute Gasteiger partial charge is 0.257 e. The predicted molar refractivity (Wildman–Crippen MR) is 139 cm³/mol. The Morgan fingerprint density at radius 3 is 2.45 bits per heavy atom. The molecule has 0 atom stereocenters. The third-order valence-electron chi connectivity index (χ3n) is 7.10. The zero-order valence-electron chi connectivity index (χ0n) is 21.8. The van der Waals surface area contributed by atoms with Crippen molar-refractivity contribution in [2.75, 3.05) is 27.3 Å². The van der Waals surface area contributed by atoms with Crippen LogP contribution < -0.4 is 9.47 Å². The second-order valence-electron chi connectivity index (χ2n) is 9.67. The molecule has 10 heteroatoms. The topological polar surface area (TPSA) is 117 Å². The van der Waals surface area contributed by atoms with Gasteiger partial charge in [-0.2, -0.15) is 9.97 Å². The van der Waals surface area contributed by atoms with E-state index in [-0.39, 0.29) is 11.3 Å². The van der Waals surface area contributed by atoms with E-state index in [1.165, 1.54) is 0 Å². The molecule has 4 aromatic rings. The van der Waals surface area contributed by atoms with Gasteiger partial charge in [0.05, 0.1) is 14.2 Å². The third-order valence-corrected chi connectivity index (χ3v) is 7.10. The Balaban J connectivity index is 1.11. The van der Waals surface area contributed by atoms with E-state index in [9.17, 15) is 4.79 Å². The molecular formula is C28H31N5O5. The number of piperidine rings is 1. The highest BCUT2D eigenvalue weighted by Crippen LogP contribution is 2.35. The highest BCUT2D eigenvalue weighted by Gasteiger charge is 2.37. The van der Waals surface area contributed by atoms with Gasteiger partial charge in [0, 0.05) is 42.5 Å². The van der Waals surface area contributed by atoms with E-state index in [0.29, 0.717) is 67.3 Å². The van der Waals surface area contributed by atoms with Gasteiger partial charge in [-0.25, -0.2) is 0 Å². The lowest BCUT2D eigenvalue weighted by molar-refractivity contribution is -0.132. The maximum absolute atomic E-state index is 12.9. The summed E-state index contributed by atoms with van der Waals surface area (Å²) in [7, 11) is 3.17. The van der Waals surface area contributed by atoms with Crippen molar-refractivity contribution in [1.82, 2.24) is 25.2 Å². The van der Waals surface area contributed by atoms with E-state index in [2.05, 4.69) is 27.2 Å². The van der Waals surface area contributed by atoms with Crippen molar-refractivity contribution in [2.45, 2.75) is 44.4 Å². The van der Waals surface area contributed by atoms with Gasteiger partial charge in [-0.15, -0.1) is 0 Å². The molecule has 0 unspecified atom stereocenters. The van der Waals surface area contributed by atoms with Gasteiger partial charge in [0.2, 0.25) is 17.6 Å². The molecule has 0 bridgehead atoms. The summed E-state index contributed by atoms with van der Waals surface area (Å²) in [6.07, 6.45) is 3.15. The summed E-state index contributed by atoms with van der Waals surface area (Å²) in [5, 5.41) is 8.33. The molecule has 1 fully saturated rings. The molecule has 2 aromatic carbocycles. The van der Waals surface area contributed by atoms with Crippen LogP contribution in [0.4, 0.5) is 0 Å². The molecule has 1 amide bonds. The number of nitrogens with zero attached hydrogens (tertiary/aromatic N) is 5. The summed E-state index contributed by atoms with van der Waals surface area (Å²) < 4.78 is 21.5. The van der Waals surface area contributed by atoms with Crippen molar-refractivity contribution < 1.29 is 23.3 Å². The number of carbonyl (C=O) groups excluding carboxylic acids is 1. The lowest BCUT2D eigenvalue weighted by Gasteiger charge is -2.37. The molecule has 3 heterocycles. The Bertz CT molecular complexity index is 1380. The van der Waals surface area contributed by atoms with Gasteiger partial charge < -0.3 is 23.4 Å². The molecule has 198 valence electrons. The third kappa shape index (κ3) is 5.39. The summed E-state index contributed by atoms with van der Waals surface area (Å²) in [6.45, 7) is 3.46. The summed E-state index contributed by atoms with van der Waals surface area (Å²) in [4.78, 5) is 23.9. The van der Waals surface area contributed by atoms with Crippen LogP contribution in [0, 0.1) is 0 Å². The van der Waals surface area contributed by atoms with Gasteiger partial charge in [0.25, 0.3) is 5.89 Å². The molecule has 0 radical (unpaired) electrons. The monoisotopic (exact) mass is 517 g/mol. The lowest BCUT2D eigenvalue weighted by atomic mass is 9.79. The van der Waals surface area contributed by atoms with Crippen molar-refractivity contribution in [3.63, 3.8) is 0 Å². The maximum Gasteiger partial charge on any atom is 0.257 e. The number of ether oxygens (including phenoxy) is 2. The first kappa shape index (κ1) is 25.4. The van der Waals surface area contributed by atoms with Gasteiger partial charge in [-0.3, -0.25) is 4.79 Å². The number of rotatable bonds is 9. The van der Waals surface area contributed by atoms with Crippen LogP contribution >= 0.6 is 0 Å². The molecule has 10 nitrogen and oxygen atoms in total. The van der Waals surface area contributed by atoms with Crippen LogP contribution in [-0.4, -0.2) is 58.4 Å². The summed E-state index contributed by atoms with van der Waals surface area (Å²) in [5.41, 5.74) is 1.44. The van der Waals surface area contributed by atoms with E-state index >= 15 is 0 Å². The van der Waals surface area contributed by atoms with Crippen LogP contribution in [0.3, 0.4) is 0 Å². The van der Waals surface area contributed by atoms with Crippen molar-refractivity contribution in [1.29, 1.82) is 0 Å². The highest BCUT2D eigenvalue weighted by atomic mass is 16.5. The number of amides is 1. The minimum Gasteiger partial charge on any atom is -0.493 e. The Hall–Kier alpha value is -4.21. The van der Waals surface area contributed by atoms with E-state index < -0.39 is 0 Å². The molecule has 38 heavy (non-hydrogen) atoms. The van der Waals surface area contributed by atoms with Gasteiger partial charge in [-0.05, 0) is 49.6 Å². The fourth-order valence-electron chi connectivity index (χ4n) is 4.64. The van der Waals surface area contributed by atoms with Crippen LogP contribution in [0.2, 0.25) is 0 Å². The Morgan fingerprint density at radius 2 is 1.71 bits per heavy atom. The number of aryl methyl sites for hydroxylation is 1. The second kappa shape index (κ2) is 11.0. The summed E-state index contributed by atoms with van der Waals surface area (Å²) in [5.74, 6) is 3.55. The highest BCUT2D eigenvalue weighted by molar-refractivity contribution is 5.76. The fraction of sp³-hybridized carbons (Fsp3) is 0.393. The normalized spacial score (nSPS) is 14.9.